The van der Waals surface area contributed by atoms with Crippen LogP contribution in [0.25, 0.3) is 11.1 Å². The maximum absolute atomic E-state index is 12.5. The number of nitrogens with two attached hydrogens (primary N) is 2. The summed E-state index contributed by atoms with van der Waals surface area (Å²) in [5.41, 5.74) is 17.2. The van der Waals surface area contributed by atoms with Gasteiger partial charge in [0, 0.05) is 43.3 Å². The highest BCUT2D eigenvalue weighted by Gasteiger charge is 2.38. The number of aromatic nitrogens is 2. The number of carbonyl (C=O) groups is 3. The number of amides is 3. The van der Waals surface area contributed by atoms with Crippen molar-refractivity contribution in [2.45, 2.75) is 50.7 Å². The fourth-order valence-corrected chi connectivity index (χ4v) is 5.40. The summed E-state index contributed by atoms with van der Waals surface area (Å²) in [5, 5.41) is 16.1. The standard InChI is InChI=1S/C28H37N9O4/c1-14-24-19(13-32-37(24)17-10-16(11-17)33-28(40)41-4)18-6-5-7-20(25(18)36(14)3)34-21(23(30)27(39)31-2)12-22(29)35-26(38)15-8-9-15/h5-7,12-17,34H,8-11,29-30H2,1-4H3,(H,31,39)(H,33,40)(H,35,38)/b22-12+,23-21+. The number of rotatable bonds is 8. The number of allylic oxidation sites excluding steroid dienone is 1. The van der Waals surface area contributed by atoms with Crippen LogP contribution in [0.3, 0.4) is 0 Å². The predicted octanol–water partition coefficient (Wildman–Crippen LogP) is 1.77. The second-order valence-corrected chi connectivity index (χ2v) is 10.7. The number of alkyl carbamates (subject to hydrolysis) is 1. The molecule has 2 fully saturated rings. The largest absolute Gasteiger partial charge is 0.453 e. The van der Waals surface area contributed by atoms with Crippen LogP contribution in [0.5, 0.6) is 0 Å². The molecule has 3 aliphatic rings. The predicted molar refractivity (Wildman–Crippen MR) is 154 cm³/mol. The SMILES string of the molecule is CNC(=O)/C(N)=C(/C=C(\N)NC(=O)C1CC1)Nc1cccc2c1N(C)C(C)c1c-2cnn1C1CC(NC(=O)OC)C1. The molecule has 0 spiro atoms. The van der Waals surface area contributed by atoms with Crippen molar-refractivity contribution in [1.82, 2.24) is 25.7 Å². The molecule has 1 atom stereocenters. The average molecular weight is 564 g/mol. The number of hydrogen-bond acceptors (Lipinski definition) is 9. The quantitative estimate of drug-likeness (QED) is 0.206. The first-order chi connectivity index (χ1) is 19.6. The lowest BCUT2D eigenvalue weighted by atomic mass is 9.86. The first-order valence-corrected chi connectivity index (χ1v) is 13.7. The van der Waals surface area contributed by atoms with Gasteiger partial charge in [0.2, 0.25) is 5.91 Å². The summed E-state index contributed by atoms with van der Waals surface area (Å²) in [6, 6.07) is 6.04. The maximum atomic E-state index is 12.5. The highest BCUT2D eigenvalue weighted by molar-refractivity contribution is 5.96. The number of para-hydroxylation sites is 1. The van der Waals surface area contributed by atoms with E-state index in [0.29, 0.717) is 5.69 Å². The lowest BCUT2D eigenvalue weighted by Gasteiger charge is -2.40. The van der Waals surface area contributed by atoms with E-state index in [4.69, 9.17) is 21.3 Å². The van der Waals surface area contributed by atoms with E-state index in [1.54, 1.807) is 0 Å². The Labute approximate surface area is 238 Å². The lowest BCUT2D eigenvalue weighted by Crippen LogP contribution is -2.46. The number of ether oxygens (including phenoxy) is 1. The molecule has 8 N–H and O–H groups in total. The number of likely N-dealkylation sites (N-methyl/N-ethyl adjacent to an activating group) is 1. The van der Waals surface area contributed by atoms with Crippen LogP contribution in [0, 0.1) is 5.92 Å². The molecule has 218 valence electrons. The number of nitrogens with one attached hydrogen (secondary N) is 4. The van der Waals surface area contributed by atoms with Crippen molar-refractivity contribution in [2.24, 2.45) is 17.4 Å². The number of hydrogen-bond donors (Lipinski definition) is 6. The molecule has 2 aromatic rings. The Hall–Kier alpha value is -4.68. The van der Waals surface area contributed by atoms with E-state index >= 15 is 0 Å². The molecule has 0 radical (unpaired) electrons. The second kappa shape index (κ2) is 11.1. The Bertz CT molecular complexity index is 1440. The molecule has 41 heavy (non-hydrogen) atoms. The zero-order valence-corrected chi connectivity index (χ0v) is 23.7. The number of methoxy groups -OCH3 is 1. The van der Waals surface area contributed by atoms with Crippen LogP contribution in [0.15, 0.2) is 47.7 Å². The Morgan fingerprint density at radius 3 is 2.54 bits per heavy atom. The van der Waals surface area contributed by atoms with E-state index in [9.17, 15) is 14.4 Å². The average Bonchev–Trinajstić information content (AvgIpc) is 3.71. The Balaban J connectivity index is 1.46. The Morgan fingerprint density at radius 2 is 1.88 bits per heavy atom. The van der Waals surface area contributed by atoms with Gasteiger partial charge in [0.05, 0.1) is 48.2 Å². The van der Waals surface area contributed by atoms with Crippen molar-refractivity contribution in [2.75, 3.05) is 31.4 Å². The zero-order chi connectivity index (χ0) is 29.4. The van der Waals surface area contributed by atoms with Crippen LogP contribution in [0.4, 0.5) is 16.2 Å². The molecule has 2 saturated carbocycles. The maximum Gasteiger partial charge on any atom is 0.407 e. The summed E-state index contributed by atoms with van der Waals surface area (Å²) >= 11 is 0. The molecule has 0 saturated heterocycles. The molecule has 1 aliphatic heterocycles. The van der Waals surface area contributed by atoms with Crippen molar-refractivity contribution < 1.29 is 19.1 Å². The molecule has 2 aliphatic carbocycles. The third kappa shape index (κ3) is 5.39. The van der Waals surface area contributed by atoms with Crippen LogP contribution in [0.2, 0.25) is 0 Å². The topological polar surface area (TPSA) is 182 Å². The van der Waals surface area contributed by atoms with Gasteiger partial charge < -0.3 is 42.4 Å². The lowest BCUT2D eigenvalue weighted by molar-refractivity contribution is -0.121. The zero-order valence-electron chi connectivity index (χ0n) is 23.7. The highest BCUT2D eigenvalue weighted by atomic mass is 16.5. The van der Waals surface area contributed by atoms with Gasteiger partial charge in [-0.05, 0) is 38.7 Å². The van der Waals surface area contributed by atoms with Gasteiger partial charge in [0.25, 0.3) is 5.91 Å². The summed E-state index contributed by atoms with van der Waals surface area (Å²) < 4.78 is 6.78. The molecule has 1 aromatic heterocycles. The summed E-state index contributed by atoms with van der Waals surface area (Å²) in [7, 11) is 4.85. The molecule has 13 nitrogen and oxygen atoms in total. The Morgan fingerprint density at radius 1 is 1.15 bits per heavy atom. The molecule has 13 heteroatoms. The van der Waals surface area contributed by atoms with Crippen molar-refractivity contribution in [3.63, 3.8) is 0 Å². The third-order valence-electron chi connectivity index (χ3n) is 8.00. The van der Waals surface area contributed by atoms with Crippen LogP contribution in [-0.2, 0) is 14.3 Å². The van der Waals surface area contributed by atoms with E-state index in [2.05, 4.69) is 37.8 Å². The number of nitrogens with zero attached hydrogens (tertiary/aromatic N) is 3. The summed E-state index contributed by atoms with van der Waals surface area (Å²) in [4.78, 5) is 38.5. The van der Waals surface area contributed by atoms with E-state index in [-0.39, 0.29) is 47.2 Å². The minimum absolute atomic E-state index is 0.0278. The van der Waals surface area contributed by atoms with Crippen LogP contribution < -0.4 is 37.6 Å². The highest BCUT2D eigenvalue weighted by Crippen LogP contribution is 2.49. The fraction of sp³-hybridized carbons (Fsp3) is 0.429. The smallest absolute Gasteiger partial charge is 0.407 e. The van der Waals surface area contributed by atoms with Crippen molar-refractivity contribution >= 4 is 29.3 Å². The Kier molecular flexibility index (Phi) is 7.52. The molecular formula is C28H37N9O4. The van der Waals surface area contributed by atoms with Gasteiger partial charge in [-0.2, -0.15) is 5.10 Å². The molecule has 2 heterocycles. The van der Waals surface area contributed by atoms with E-state index in [1.165, 1.54) is 20.2 Å². The fourth-order valence-electron chi connectivity index (χ4n) is 5.40. The minimum atomic E-state index is -0.486. The van der Waals surface area contributed by atoms with Gasteiger partial charge in [-0.25, -0.2) is 4.79 Å². The number of benzene rings is 1. The van der Waals surface area contributed by atoms with E-state index in [0.717, 1.165) is 48.2 Å². The summed E-state index contributed by atoms with van der Waals surface area (Å²) in [6.45, 7) is 2.11. The van der Waals surface area contributed by atoms with Gasteiger partial charge in [0.15, 0.2) is 0 Å². The molecule has 3 amide bonds. The normalized spacial score (nSPS) is 21.9. The second-order valence-electron chi connectivity index (χ2n) is 10.7. The van der Waals surface area contributed by atoms with Gasteiger partial charge in [-0.3, -0.25) is 14.3 Å². The van der Waals surface area contributed by atoms with Crippen LogP contribution >= 0.6 is 0 Å². The van der Waals surface area contributed by atoms with Crippen molar-refractivity contribution in [3.05, 3.63) is 53.4 Å². The van der Waals surface area contributed by atoms with Crippen LogP contribution in [-0.4, -0.2) is 54.9 Å². The van der Waals surface area contributed by atoms with Gasteiger partial charge >= 0.3 is 6.09 Å². The molecule has 5 rings (SSSR count). The minimum Gasteiger partial charge on any atom is -0.453 e. The third-order valence-corrected chi connectivity index (χ3v) is 8.00. The van der Waals surface area contributed by atoms with Crippen molar-refractivity contribution in [1.29, 1.82) is 0 Å². The van der Waals surface area contributed by atoms with E-state index < -0.39 is 12.0 Å². The molecular weight excluding hydrogens is 526 g/mol. The van der Waals surface area contributed by atoms with Gasteiger partial charge in [-0.1, -0.05) is 12.1 Å². The van der Waals surface area contributed by atoms with Crippen molar-refractivity contribution in [3.8, 4) is 11.1 Å². The first-order valence-electron chi connectivity index (χ1n) is 13.7. The molecule has 0 bridgehead atoms. The monoisotopic (exact) mass is 563 g/mol. The number of anilines is 2. The molecule has 1 aromatic carbocycles. The summed E-state index contributed by atoms with van der Waals surface area (Å²) in [5.74, 6) is -0.571. The van der Waals surface area contributed by atoms with E-state index in [1.807, 2.05) is 31.4 Å². The van der Waals surface area contributed by atoms with Gasteiger partial charge in [-0.15, -0.1) is 0 Å². The first kappa shape index (κ1) is 27.9. The van der Waals surface area contributed by atoms with Crippen LogP contribution in [0.1, 0.15) is 50.4 Å². The van der Waals surface area contributed by atoms with Gasteiger partial charge in [0.1, 0.15) is 11.5 Å². The number of fused-ring (bicyclic) bond motifs is 3. The molecule has 1 unspecified atom stereocenters. The number of carbonyl (C=O) groups excluding carboxylic acids is 3. The summed E-state index contributed by atoms with van der Waals surface area (Å²) in [6.07, 6.45) is 6.14.